The number of nitrogens with zero attached hydrogens (tertiary/aromatic N) is 4. The minimum absolute atomic E-state index is 0.146. The highest BCUT2D eigenvalue weighted by Gasteiger charge is 2.24. The average molecular weight is 526 g/mol. The summed E-state index contributed by atoms with van der Waals surface area (Å²) in [5, 5.41) is 3.81. The number of pyridine rings is 1. The van der Waals surface area contributed by atoms with E-state index in [1.807, 2.05) is 32.0 Å². The van der Waals surface area contributed by atoms with Crippen LogP contribution in [0.5, 0.6) is 0 Å². The summed E-state index contributed by atoms with van der Waals surface area (Å²) < 4.78 is 13.5. The van der Waals surface area contributed by atoms with Gasteiger partial charge in [-0.1, -0.05) is 30.3 Å². The van der Waals surface area contributed by atoms with Gasteiger partial charge < -0.3 is 15.1 Å². The molecule has 0 unspecified atom stereocenters. The third-order valence-electron chi connectivity index (χ3n) is 6.95. The van der Waals surface area contributed by atoms with Crippen LogP contribution in [-0.4, -0.2) is 55.6 Å². The molecule has 7 nitrogen and oxygen atoms in total. The molecule has 200 valence electrons. The highest BCUT2D eigenvalue weighted by molar-refractivity contribution is 5.98. The van der Waals surface area contributed by atoms with Gasteiger partial charge in [0.1, 0.15) is 11.6 Å². The number of amides is 3. The van der Waals surface area contributed by atoms with Gasteiger partial charge in [0.2, 0.25) is 0 Å². The maximum absolute atomic E-state index is 14.0. The molecule has 5 rings (SSSR count). The van der Waals surface area contributed by atoms with Gasteiger partial charge >= 0.3 is 6.03 Å². The summed E-state index contributed by atoms with van der Waals surface area (Å²) in [6.07, 6.45) is 0.567. The second-order valence-electron chi connectivity index (χ2n) is 10.1. The smallest absolute Gasteiger partial charge is 0.321 e. The fraction of sp³-hybridized carbons (Fsp3) is 0.258. The minimum Gasteiger partial charge on any atom is -0.362 e. The first-order valence-corrected chi connectivity index (χ1v) is 13.1. The van der Waals surface area contributed by atoms with Crippen molar-refractivity contribution in [2.24, 2.45) is 0 Å². The Kier molecular flexibility index (Phi) is 7.45. The van der Waals surface area contributed by atoms with Crippen molar-refractivity contribution in [3.05, 3.63) is 101 Å². The van der Waals surface area contributed by atoms with Crippen molar-refractivity contribution in [3.63, 3.8) is 0 Å². The molecular weight excluding hydrogens is 493 g/mol. The Bertz CT molecular complexity index is 1520. The molecule has 2 heterocycles. The molecular formula is C31H32FN5O2. The normalized spacial score (nSPS) is 13.0. The van der Waals surface area contributed by atoms with Crippen LogP contribution < -0.4 is 15.1 Å². The highest BCUT2D eigenvalue weighted by Crippen LogP contribution is 2.26. The van der Waals surface area contributed by atoms with Crippen molar-refractivity contribution < 1.29 is 14.0 Å². The van der Waals surface area contributed by atoms with Gasteiger partial charge in [0.15, 0.2) is 0 Å². The van der Waals surface area contributed by atoms with Gasteiger partial charge in [0, 0.05) is 62.5 Å². The van der Waals surface area contributed by atoms with Gasteiger partial charge in [-0.2, -0.15) is 0 Å². The summed E-state index contributed by atoms with van der Waals surface area (Å²) in [5.74, 6) is 0.366. The Morgan fingerprint density at radius 3 is 2.56 bits per heavy atom. The maximum atomic E-state index is 14.0. The zero-order chi connectivity index (χ0) is 27.5. The van der Waals surface area contributed by atoms with E-state index in [9.17, 15) is 14.0 Å². The number of fused-ring (bicyclic) bond motifs is 1. The van der Waals surface area contributed by atoms with E-state index < -0.39 is 0 Å². The number of anilines is 2. The van der Waals surface area contributed by atoms with Crippen LogP contribution in [0.2, 0.25) is 0 Å². The van der Waals surface area contributed by atoms with E-state index in [0.29, 0.717) is 43.9 Å². The standard InChI is InChI=1S/C31H32FN5O2/c1-21-7-10-23-18-25(29(35(2)3)34-28(23)17-21)20-36(15-13-22-8-11-26(32)12-9-22)30(38)24-5-4-6-27(19-24)37-16-14-33-31(37)39/h4-12,17-19H,13-16,20H2,1-3H3,(H,33,39). The molecule has 0 spiro atoms. The second kappa shape index (κ2) is 11.1. The molecule has 1 aliphatic heterocycles. The first kappa shape index (κ1) is 26.2. The number of carbonyl (C=O) groups excluding carboxylic acids is 2. The third kappa shape index (κ3) is 5.85. The van der Waals surface area contributed by atoms with Crippen molar-refractivity contribution in [2.45, 2.75) is 19.9 Å². The van der Waals surface area contributed by atoms with Gasteiger partial charge in [0.25, 0.3) is 5.91 Å². The highest BCUT2D eigenvalue weighted by atomic mass is 19.1. The molecule has 0 bridgehead atoms. The number of aromatic nitrogens is 1. The predicted molar refractivity (Wildman–Crippen MR) is 153 cm³/mol. The average Bonchev–Trinajstić information content (AvgIpc) is 3.37. The largest absolute Gasteiger partial charge is 0.362 e. The molecule has 1 aliphatic rings. The number of aryl methyl sites for hydroxylation is 1. The second-order valence-corrected chi connectivity index (χ2v) is 10.1. The molecule has 39 heavy (non-hydrogen) atoms. The Morgan fingerprint density at radius 1 is 1.05 bits per heavy atom. The van der Waals surface area contributed by atoms with E-state index in [1.165, 1.54) is 12.1 Å². The van der Waals surface area contributed by atoms with Crippen LogP contribution in [0, 0.1) is 12.7 Å². The summed E-state index contributed by atoms with van der Waals surface area (Å²) >= 11 is 0. The first-order valence-electron chi connectivity index (χ1n) is 13.1. The maximum Gasteiger partial charge on any atom is 0.321 e. The number of halogens is 1. The van der Waals surface area contributed by atoms with Crippen LogP contribution >= 0.6 is 0 Å². The van der Waals surface area contributed by atoms with Crippen LogP contribution in [0.4, 0.5) is 20.7 Å². The van der Waals surface area contributed by atoms with Gasteiger partial charge in [-0.05, 0) is 66.9 Å². The summed E-state index contributed by atoms with van der Waals surface area (Å²) in [5.41, 5.74) is 5.10. The number of urea groups is 1. The molecule has 0 aliphatic carbocycles. The fourth-order valence-corrected chi connectivity index (χ4v) is 4.89. The number of carbonyl (C=O) groups is 2. The number of benzene rings is 3. The predicted octanol–water partition coefficient (Wildman–Crippen LogP) is 5.16. The van der Waals surface area contributed by atoms with Crippen LogP contribution in [0.1, 0.15) is 27.0 Å². The van der Waals surface area contributed by atoms with Crippen LogP contribution in [-0.2, 0) is 13.0 Å². The molecule has 3 amide bonds. The lowest BCUT2D eigenvalue weighted by Gasteiger charge is -2.26. The Hall–Kier alpha value is -4.46. The number of hydrogen-bond donors (Lipinski definition) is 1. The third-order valence-corrected chi connectivity index (χ3v) is 6.95. The summed E-state index contributed by atoms with van der Waals surface area (Å²) in [7, 11) is 3.89. The minimum atomic E-state index is -0.289. The molecule has 3 aromatic carbocycles. The van der Waals surface area contributed by atoms with Crippen LogP contribution in [0.15, 0.2) is 72.8 Å². The SMILES string of the molecule is Cc1ccc2cc(CN(CCc3ccc(F)cc3)C(=O)c3cccc(N4CCNC4=O)c3)c(N(C)C)nc2c1. The zero-order valence-electron chi connectivity index (χ0n) is 22.4. The molecule has 0 atom stereocenters. The molecule has 1 aromatic heterocycles. The molecule has 1 fully saturated rings. The Morgan fingerprint density at radius 2 is 1.85 bits per heavy atom. The number of rotatable bonds is 8. The summed E-state index contributed by atoms with van der Waals surface area (Å²) in [6.45, 7) is 3.94. The number of hydrogen-bond acceptors (Lipinski definition) is 4. The van der Waals surface area contributed by atoms with Gasteiger partial charge in [-0.15, -0.1) is 0 Å². The Labute approximate surface area is 227 Å². The molecule has 1 N–H and O–H groups in total. The lowest BCUT2D eigenvalue weighted by molar-refractivity contribution is 0.0745. The van der Waals surface area contributed by atoms with E-state index in [1.54, 1.807) is 40.1 Å². The van der Waals surface area contributed by atoms with Gasteiger partial charge in [-0.3, -0.25) is 9.69 Å². The summed E-state index contributed by atoms with van der Waals surface area (Å²) in [4.78, 5) is 36.5. The molecule has 8 heteroatoms. The first-order chi connectivity index (χ1) is 18.8. The quantitative estimate of drug-likeness (QED) is 0.345. The van der Waals surface area contributed by atoms with E-state index in [2.05, 4.69) is 29.6 Å². The van der Waals surface area contributed by atoms with E-state index in [-0.39, 0.29) is 17.8 Å². The van der Waals surface area contributed by atoms with Gasteiger partial charge in [-0.25, -0.2) is 14.2 Å². The van der Waals surface area contributed by atoms with Crippen molar-refractivity contribution in [2.75, 3.05) is 43.5 Å². The zero-order valence-corrected chi connectivity index (χ0v) is 22.4. The van der Waals surface area contributed by atoms with E-state index in [0.717, 1.165) is 33.4 Å². The summed E-state index contributed by atoms with van der Waals surface area (Å²) in [6, 6.07) is 21.6. The monoisotopic (exact) mass is 525 g/mol. The fourth-order valence-electron chi connectivity index (χ4n) is 4.89. The molecule has 0 saturated carbocycles. The van der Waals surface area contributed by atoms with Gasteiger partial charge in [0.05, 0.1) is 5.52 Å². The lowest BCUT2D eigenvalue weighted by atomic mass is 10.1. The Balaban J connectivity index is 1.49. The lowest BCUT2D eigenvalue weighted by Crippen LogP contribution is -2.33. The molecule has 0 radical (unpaired) electrons. The van der Waals surface area contributed by atoms with E-state index >= 15 is 0 Å². The van der Waals surface area contributed by atoms with Crippen molar-refractivity contribution in [1.29, 1.82) is 0 Å². The van der Waals surface area contributed by atoms with Crippen LogP contribution in [0.3, 0.4) is 0 Å². The van der Waals surface area contributed by atoms with Crippen molar-refractivity contribution in [1.82, 2.24) is 15.2 Å². The van der Waals surface area contributed by atoms with Crippen molar-refractivity contribution in [3.8, 4) is 0 Å². The van der Waals surface area contributed by atoms with Crippen molar-refractivity contribution >= 4 is 34.3 Å². The van der Waals surface area contributed by atoms with Crippen LogP contribution in [0.25, 0.3) is 10.9 Å². The molecule has 1 saturated heterocycles. The topological polar surface area (TPSA) is 68.8 Å². The van der Waals surface area contributed by atoms with E-state index in [4.69, 9.17) is 4.98 Å². The number of nitrogens with one attached hydrogen (secondary N) is 1. The molecule has 4 aromatic rings.